The van der Waals surface area contributed by atoms with Crippen LogP contribution in [0.4, 0.5) is 0 Å². The van der Waals surface area contributed by atoms with Crippen molar-refractivity contribution in [2.24, 2.45) is 0 Å². The fraction of sp³-hybridized carbons (Fsp3) is 0.0175. The Kier molecular flexibility index (Phi) is 7.64. The second kappa shape index (κ2) is 13.5. The SMILES string of the molecule is c1ccc(Cc2cc3ccccc3c3cc(-c4ccc5c(c4)c4cc(-c6ccc7c(c6)c6ccccc6n7-c6ccccc6)ccc4n5-c4ccccc4)ccc23)cc1. The molecule has 2 heterocycles. The van der Waals surface area contributed by atoms with Crippen LogP contribution in [0.3, 0.4) is 0 Å². The topological polar surface area (TPSA) is 9.86 Å². The van der Waals surface area contributed by atoms with Gasteiger partial charge in [0.15, 0.2) is 0 Å². The van der Waals surface area contributed by atoms with Crippen molar-refractivity contribution in [3.63, 3.8) is 0 Å². The first kappa shape index (κ1) is 33.5. The number of fused-ring (bicyclic) bond motifs is 9. The van der Waals surface area contributed by atoms with E-state index in [0.717, 1.165) is 12.1 Å². The van der Waals surface area contributed by atoms with Gasteiger partial charge in [-0.1, -0.05) is 146 Å². The van der Waals surface area contributed by atoms with Gasteiger partial charge >= 0.3 is 0 Å². The number of para-hydroxylation sites is 3. The smallest absolute Gasteiger partial charge is 0.0541 e. The van der Waals surface area contributed by atoms with E-state index in [1.54, 1.807) is 0 Å². The van der Waals surface area contributed by atoms with Crippen LogP contribution in [0, 0.1) is 0 Å². The Morgan fingerprint density at radius 2 is 0.695 bits per heavy atom. The summed E-state index contributed by atoms with van der Waals surface area (Å²) in [6, 6.07) is 80.3. The summed E-state index contributed by atoms with van der Waals surface area (Å²) in [5, 5.41) is 10.2. The summed E-state index contributed by atoms with van der Waals surface area (Å²) >= 11 is 0. The van der Waals surface area contributed by atoms with Crippen LogP contribution < -0.4 is 0 Å². The third kappa shape index (κ3) is 5.49. The first-order valence-electron chi connectivity index (χ1n) is 20.5. The molecule has 2 aromatic heterocycles. The molecule has 2 heteroatoms. The molecule has 0 saturated heterocycles. The molecule has 0 radical (unpaired) electrons. The number of hydrogen-bond acceptors (Lipinski definition) is 0. The van der Waals surface area contributed by atoms with Crippen molar-refractivity contribution >= 4 is 65.2 Å². The fourth-order valence-electron chi connectivity index (χ4n) is 9.57. The largest absolute Gasteiger partial charge is 0.309 e. The molecule has 0 fully saturated rings. The van der Waals surface area contributed by atoms with Gasteiger partial charge in [-0.2, -0.15) is 0 Å². The van der Waals surface area contributed by atoms with Crippen LogP contribution in [0.5, 0.6) is 0 Å². The number of nitrogens with zero attached hydrogens (tertiary/aromatic N) is 2. The molecule has 10 aromatic carbocycles. The Hall–Kier alpha value is -7.68. The molecule has 0 aliphatic heterocycles. The van der Waals surface area contributed by atoms with E-state index in [4.69, 9.17) is 0 Å². The molecule has 0 unspecified atom stereocenters. The van der Waals surface area contributed by atoms with E-state index in [1.165, 1.54) is 104 Å². The summed E-state index contributed by atoms with van der Waals surface area (Å²) in [7, 11) is 0. The Labute approximate surface area is 342 Å². The predicted octanol–water partition coefficient (Wildman–Crippen LogP) is 15.1. The normalized spacial score (nSPS) is 11.8. The minimum Gasteiger partial charge on any atom is -0.309 e. The molecule has 276 valence electrons. The van der Waals surface area contributed by atoms with Crippen molar-refractivity contribution in [1.82, 2.24) is 9.13 Å². The fourth-order valence-corrected chi connectivity index (χ4v) is 9.57. The molecule has 0 aliphatic rings. The van der Waals surface area contributed by atoms with Gasteiger partial charge in [0.05, 0.1) is 22.1 Å². The highest BCUT2D eigenvalue weighted by Gasteiger charge is 2.17. The van der Waals surface area contributed by atoms with Crippen LogP contribution in [0.2, 0.25) is 0 Å². The summed E-state index contributed by atoms with van der Waals surface area (Å²) in [4.78, 5) is 0. The van der Waals surface area contributed by atoms with Gasteiger partial charge in [-0.3, -0.25) is 0 Å². The van der Waals surface area contributed by atoms with Crippen LogP contribution in [-0.4, -0.2) is 9.13 Å². The molecule has 0 bridgehead atoms. The Balaban J connectivity index is 1.04. The van der Waals surface area contributed by atoms with E-state index in [2.05, 4.69) is 228 Å². The van der Waals surface area contributed by atoms with E-state index in [-0.39, 0.29) is 0 Å². The number of benzene rings is 10. The summed E-state index contributed by atoms with van der Waals surface area (Å²) in [6.45, 7) is 0. The van der Waals surface area contributed by atoms with Crippen molar-refractivity contribution < 1.29 is 0 Å². The molecule has 12 rings (SSSR count). The zero-order valence-corrected chi connectivity index (χ0v) is 32.4. The van der Waals surface area contributed by atoms with Crippen molar-refractivity contribution in [2.75, 3.05) is 0 Å². The average molecular weight is 751 g/mol. The highest BCUT2D eigenvalue weighted by atomic mass is 15.0. The third-order valence-electron chi connectivity index (χ3n) is 12.3. The average Bonchev–Trinajstić information content (AvgIpc) is 3.81. The molecule has 0 N–H and O–H groups in total. The van der Waals surface area contributed by atoms with E-state index in [9.17, 15) is 0 Å². The standard InChI is InChI=1S/C57H38N2/c1-4-14-38(15-5-1)32-44-33-43-16-10-11-21-47(43)50-34-39(24-28-48(44)50)41-26-30-56-52(36-41)53-37-42(27-31-57(53)59(56)46-19-8-3-9-20-46)40-25-29-55-51(35-40)49-22-12-13-23-54(49)58(55)45-17-6-2-7-18-45/h1-31,33-37H,32H2. The van der Waals surface area contributed by atoms with Crippen LogP contribution >= 0.6 is 0 Å². The minimum absolute atomic E-state index is 0.900. The van der Waals surface area contributed by atoms with Crippen LogP contribution in [0.25, 0.3) is 98.8 Å². The Morgan fingerprint density at radius 1 is 0.271 bits per heavy atom. The van der Waals surface area contributed by atoms with Gasteiger partial charge in [0.25, 0.3) is 0 Å². The summed E-state index contributed by atoms with van der Waals surface area (Å²) in [5.41, 5.74) is 14.7. The third-order valence-corrected chi connectivity index (χ3v) is 12.3. The number of rotatable bonds is 6. The maximum atomic E-state index is 2.42. The highest BCUT2D eigenvalue weighted by molar-refractivity contribution is 6.14. The summed E-state index contributed by atoms with van der Waals surface area (Å²) in [6.07, 6.45) is 0.900. The van der Waals surface area contributed by atoms with Gasteiger partial charge in [0.2, 0.25) is 0 Å². The molecule has 0 saturated carbocycles. The van der Waals surface area contributed by atoms with E-state index >= 15 is 0 Å². The highest BCUT2D eigenvalue weighted by Crippen LogP contribution is 2.40. The van der Waals surface area contributed by atoms with Crippen LogP contribution in [-0.2, 0) is 6.42 Å². The Bertz CT molecular complexity index is 3560. The molecule has 12 aromatic rings. The Morgan fingerprint density at radius 3 is 1.27 bits per heavy atom. The summed E-state index contributed by atoms with van der Waals surface area (Å²) < 4.78 is 4.80. The molecule has 59 heavy (non-hydrogen) atoms. The van der Waals surface area contributed by atoms with Gasteiger partial charge in [-0.15, -0.1) is 0 Å². The molecule has 0 aliphatic carbocycles. The molecule has 0 spiro atoms. The molecule has 0 atom stereocenters. The lowest BCUT2D eigenvalue weighted by Crippen LogP contribution is -1.93. The minimum atomic E-state index is 0.900. The van der Waals surface area contributed by atoms with Crippen LogP contribution in [0.1, 0.15) is 11.1 Å². The number of aromatic nitrogens is 2. The van der Waals surface area contributed by atoms with Crippen molar-refractivity contribution in [3.8, 4) is 33.6 Å². The molecular weight excluding hydrogens is 713 g/mol. The van der Waals surface area contributed by atoms with Crippen molar-refractivity contribution in [2.45, 2.75) is 6.42 Å². The second-order valence-electron chi connectivity index (χ2n) is 15.7. The van der Waals surface area contributed by atoms with E-state index in [0.29, 0.717) is 0 Å². The van der Waals surface area contributed by atoms with Gasteiger partial charge in [0.1, 0.15) is 0 Å². The van der Waals surface area contributed by atoms with E-state index in [1.807, 2.05) is 0 Å². The lowest BCUT2D eigenvalue weighted by molar-refractivity contribution is 1.18. The molecule has 0 amide bonds. The summed E-state index contributed by atoms with van der Waals surface area (Å²) in [5.74, 6) is 0. The lowest BCUT2D eigenvalue weighted by Gasteiger charge is -2.13. The quantitative estimate of drug-likeness (QED) is 0.150. The van der Waals surface area contributed by atoms with Gasteiger partial charge < -0.3 is 9.13 Å². The monoisotopic (exact) mass is 750 g/mol. The van der Waals surface area contributed by atoms with Gasteiger partial charge in [0, 0.05) is 32.9 Å². The number of hydrogen-bond donors (Lipinski definition) is 0. The zero-order chi connectivity index (χ0) is 38.9. The van der Waals surface area contributed by atoms with Gasteiger partial charge in [-0.05, 0) is 134 Å². The first-order chi connectivity index (χ1) is 29.2. The molecular formula is C57H38N2. The lowest BCUT2D eigenvalue weighted by atomic mass is 9.91. The maximum absolute atomic E-state index is 2.42. The van der Waals surface area contributed by atoms with Crippen LogP contribution in [0.15, 0.2) is 218 Å². The predicted molar refractivity (Wildman–Crippen MR) is 250 cm³/mol. The zero-order valence-electron chi connectivity index (χ0n) is 32.4. The van der Waals surface area contributed by atoms with Crippen molar-refractivity contribution in [1.29, 1.82) is 0 Å². The second-order valence-corrected chi connectivity index (χ2v) is 15.7. The van der Waals surface area contributed by atoms with Crippen molar-refractivity contribution in [3.05, 3.63) is 230 Å². The maximum Gasteiger partial charge on any atom is 0.0541 e. The first-order valence-corrected chi connectivity index (χ1v) is 20.5. The molecule has 2 nitrogen and oxygen atoms in total. The van der Waals surface area contributed by atoms with E-state index < -0.39 is 0 Å². The van der Waals surface area contributed by atoms with Gasteiger partial charge in [-0.25, -0.2) is 0 Å².